The second kappa shape index (κ2) is 6.76. The fraction of sp³-hybridized carbons (Fsp3) is 0.316. The van der Waals surface area contributed by atoms with Crippen LogP contribution in [-0.2, 0) is 24.4 Å². The third kappa shape index (κ3) is 3.01. The van der Waals surface area contributed by atoms with Gasteiger partial charge in [0.25, 0.3) is 5.56 Å². The summed E-state index contributed by atoms with van der Waals surface area (Å²) >= 11 is 0. The van der Waals surface area contributed by atoms with Gasteiger partial charge in [-0.3, -0.25) is 4.79 Å². The highest BCUT2D eigenvalue weighted by molar-refractivity contribution is 5.77. The van der Waals surface area contributed by atoms with Crippen LogP contribution in [0.4, 0.5) is 5.69 Å². The molecule has 0 spiro atoms. The van der Waals surface area contributed by atoms with Crippen LogP contribution in [0.25, 0.3) is 11.1 Å². The molecule has 3 heterocycles. The SMILES string of the molecule is CN(C)c1cc(=O)n(Cc2nnc3n2CCOC3)cc1-c1ccccc1. The molecule has 7 nitrogen and oxygen atoms in total. The second-order valence-corrected chi connectivity index (χ2v) is 6.54. The first-order valence-electron chi connectivity index (χ1n) is 8.59. The van der Waals surface area contributed by atoms with Crippen LogP contribution < -0.4 is 10.5 Å². The fourth-order valence-corrected chi connectivity index (χ4v) is 3.22. The minimum absolute atomic E-state index is 0.0576. The van der Waals surface area contributed by atoms with Gasteiger partial charge in [-0.1, -0.05) is 30.3 Å². The third-order valence-electron chi connectivity index (χ3n) is 4.58. The highest BCUT2D eigenvalue weighted by Crippen LogP contribution is 2.28. The zero-order valence-electron chi connectivity index (χ0n) is 14.9. The number of anilines is 1. The lowest BCUT2D eigenvalue weighted by Gasteiger charge is -2.20. The predicted molar refractivity (Wildman–Crippen MR) is 99.2 cm³/mol. The molecule has 7 heteroatoms. The lowest BCUT2D eigenvalue weighted by atomic mass is 10.1. The average molecular weight is 351 g/mol. The first kappa shape index (κ1) is 16.5. The minimum Gasteiger partial charge on any atom is -0.377 e. The number of hydrogen-bond acceptors (Lipinski definition) is 5. The van der Waals surface area contributed by atoms with E-state index in [-0.39, 0.29) is 5.56 Å². The number of nitrogens with zero attached hydrogens (tertiary/aromatic N) is 5. The standard InChI is InChI=1S/C19H21N5O2/c1-22(2)16-10-19(25)23(11-15(16)14-6-4-3-5-7-14)12-17-20-21-18-13-26-9-8-24(17)18/h3-7,10-11H,8-9,12-13H2,1-2H3. The molecule has 1 aromatic carbocycles. The summed E-state index contributed by atoms with van der Waals surface area (Å²) in [6, 6.07) is 11.8. The van der Waals surface area contributed by atoms with Crippen LogP contribution in [0.15, 0.2) is 47.4 Å². The summed E-state index contributed by atoms with van der Waals surface area (Å²) in [6.07, 6.45) is 1.91. The summed E-state index contributed by atoms with van der Waals surface area (Å²) in [4.78, 5) is 14.6. The molecule has 0 bridgehead atoms. The van der Waals surface area contributed by atoms with Crippen LogP contribution in [0, 0.1) is 0 Å². The van der Waals surface area contributed by atoms with Crippen molar-refractivity contribution in [2.45, 2.75) is 19.7 Å². The predicted octanol–water partition coefficient (Wildman–Crippen LogP) is 1.75. The number of ether oxygens (including phenoxy) is 1. The molecule has 2 aromatic heterocycles. The molecule has 1 aliphatic heterocycles. The van der Waals surface area contributed by atoms with Crippen molar-refractivity contribution in [3.63, 3.8) is 0 Å². The van der Waals surface area contributed by atoms with E-state index < -0.39 is 0 Å². The quantitative estimate of drug-likeness (QED) is 0.716. The van der Waals surface area contributed by atoms with Crippen molar-refractivity contribution in [1.29, 1.82) is 0 Å². The van der Waals surface area contributed by atoms with Crippen molar-refractivity contribution in [1.82, 2.24) is 19.3 Å². The fourth-order valence-electron chi connectivity index (χ4n) is 3.22. The number of hydrogen-bond donors (Lipinski definition) is 0. The van der Waals surface area contributed by atoms with E-state index >= 15 is 0 Å². The first-order valence-corrected chi connectivity index (χ1v) is 8.59. The Morgan fingerprint density at radius 2 is 2.00 bits per heavy atom. The molecule has 0 saturated heterocycles. The highest BCUT2D eigenvalue weighted by Gasteiger charge is 2.18. The molecule has 3 aromatic rings. The van der Waals surface area contributed by atoms with Crippen molar-refractivity contribution in [3.05, 3.63) is 64.6 Å². The van der Waals surface area contributed by atoms with Gasteiger partial charge in [-0.25, -0.2) is 0 Å². The van der Waals surface area contributed by atoms with Gasteiger partial charge in [0.15, 0.2) is 11.6 Å². The Hall–Kier alpha value is -2.93. The van der Waals surface area contributed by atoms with Gasteiger partial charge in [0.1, 0.15) is 6.61 Å². The summed E-state index contributed by atoms with van der Waals surface area (Å²) in [6.45, 7) is 2.21. The molecule has 134 valence electrons. The van der Waals surface area contributed by atoms with Gasteiger partial charge in [-0.2, -0.15) is 0 Å². The minimum atomic E-state index is -0.0576. The molecular weight excluding hydrogens is 330 g/mol. The monoisotopic (exact) mass is 351 g/mol. The van der Waals surface area contributed by atoms with Crippen LogP contribution in [0.3, 0.4) is 0 Å². The Bertz CT molecular complexity index is 975. The highest BCUT2D eigenvalue weighted by atomic mass is 16.5. The molecule has 0 atom stereocenters. The summed E-state index contributed by atoms with van der Waals surface area (Å²) in [7, 11) is 3.89. The Morgan fingerprint density at radius 3 is 2.77 bits per heavy atom. The lowest BCUT2D eigenvalue weighted by molar-refractivity contribution is 0.0805. The van der Waals surface area contributed by atoms with E-state index in [0.29, 0.717) is 26.3 Å². The summed E-state index contributed by atoms with van der Waals surface area (Å²) in [5.74, 6) is 1.59. The molecule has 0 saturated carbocycles. The molecular formula is C19H21N5O2. The third-order valence-corrected chi connectivity index (χ3v) is 4.58. The molecule has 0 fully saturated rings. The van der Waals surface area contributed by atoms with Crippen molar-refractivity contribution in [2.75, 3.05) is 25.6 Å². The maximum Gasteiger partial charge on any atom is 0.253 e. The van der Waals surface area contributed by atoms with Crippen LogP contribution in [0.1, 0.15) is 11.6 Å². The van der Waals surface area contributed by atoms with Gasteiger partial charge in [0, 0.05) is 38.5 Å². The Balaban J connectivity index is 1.77. The van der Waals surface area contributed by atoms with Crippen molar-refractivity contribution >= 4 is 5.69 Å². The zero-order chi connectivity index (χ0) is 18.1. The van der Waals surface area contributed by atoms with E-state index in [9.17, 15) is 4.79 Å². The molecule has 4 rings (SSSR count). The van der Waals surface area contributed by atoms with E-state index in [2.05, 4.69) is 10.2 Å². The second-order valence-electron chi connectivity index (χ2n) is 6.54. The van der Waals surface area contributed by atoms with Gasteiger partial charge in [-0.15, -0.1) is 10.2 Å². The van der Waals surface area contributed by atoms with Crippen molar-refractivity contribution in [3.8, 4) is 11.1 Å². The molecule has 0 unspecified atom stereocenters. The van der Waals surface area contributed by atoms with Crippen LogP contribution in [0.5, 0.6) is 0 Å². The molecule has 26 heavy (non-hydrogen) atoms. The van der Waals surface area contributed by atoms with E-state index in [1.54, 1.807) is 10.6 Å². The molecule has 0 N–H and O–H groups in total. The van der Waals surface area contributed by atoms with Crippen LogP contribution in [-0.4, -0.2) is 40.0 Å². The maximum atomic E-state index is 12.7. The molecule has 0 aliphatic carbocycles. The van der Waals surface area contributed by atoms with Crippen molar-refractivity contribution < 1.29 is 4.74 Å². The number of pyridine rings is 1. The van der Waals surface area contributed by atoms with Crippen LogP contribution >= 0.6 is 0 Å². The number of rotatable bonds is 4. The molecule has 1 aliphatic rings. The Labute approximate surface area is 151 Å². The Kier molecular flexibility index (Phi) is 4.30. The number of aromatic nitrogens is 4. The summed E-state index contributed by atoms with van der Waals surface area (Å²) < 4.78 is 9.14. The summed E-state index contributed by atoms with van der Waals surface area (Å²) in [5, 5.41) is 8.43. The summed E-state index contributed by atoms with van der Waals surface area (Å²) in [5.41, 5.74) is 2.92. The van der Waals surface area contributed by atoms with E-state index in [0.717, 1.165) is 28.5 Å². The van der Waals surface area contributed by atoms with Crippen LogP contribution in [0.2, 0.25) is 0 Å². The van der Waals surface area contributed by atoms with Gasteiger partial charge < -0.3 is 18.8 Å². The van der Waals surface area contributed by atoms with Gasteiger partial charge in [0.05, 0.1) is 18.8 Å². The van der Waals surface area contributed by atoms with Gasteiger partial charge in [0.2, 0.25) is 0 Å². The van der Waals surface area contributed by atoms with Gasteiger partial charge in [-0.05, 0) is 5.56 Å². The lowest BCUT2D eigenvalue weighted by Crippen LogP contribution is -2.25. The maximum absolute atomic E-state index is 12.7. The van der Waals surface area contributed by atoms with E-state index in [4.69, 9.17) is 4.74 Å². The van der Waals surface area contributed by atoms with E-state index in [1.807, 2.05) is 60.1 Å². The Morgan fingerprint density at radius 1 is 1.19 bits per heavy atom. The molecule has 0 amide bonds. The molecule has 0 radical (unpaired) electrons. The number of fused-ring (bicyclic) bond motifs is 1. The average Bonchev–Trinajstić information content (AvgIpc) is 3.07. The normalized spacial score (nSPS) is 13.5. The smallest absolute Gasteiger partial charge is 0.253 e. The topological polar surface area (TPSA) is 65.2 Å². The number of benzene rings is 1. The zero-order valence-corrected chi connectivity index (χ0v) is 14.9. The first-order chi connectivity index (χ1) is 12.6. The largest absolute Gasteiger partial charge is 0.377 e. The van der Waals surface area contributed by atoms with E-state index in [1.165, 1.54) is 0 Å². The van der Waals surface area contributed by atoms with Crippen molar-refractivity contribution in [2.24, 2.45) is 0 Å². The van der Waals surface area contributed by atoms with Gasteiger partial charge >= 0.3 is 0 Å².